The molecule has 1 saturated heterocycles. The van der Waals surface area contributed by atoms with Crippen LogP contribution in [0, 0.1) is 12.8 Å². The predicted molar refractivity (Wildman–Crippen MR) is 122 cm³/mol. The lowest BCUT2D eigenvalue weighted by molar-refractivity contribution is 0.0599. The maximum absolute atomic E-state index is 11.8. The summed E-state index contributed by atoms with van der Waals surface area (Å²) >= 11 is 0. The van der Waals surface area contributed by atoms with Crippen LogP contribution in [0.25, 0.3) is 0 Å². The van der Waals surface area contributed by atoms with Gasteiger partial charge in [-0.05, 0) is 32.3 Å². The van der Waals surface area contributed by atoms with Gasteiger partial charge < -0.3 is 23.9 Å². The zero-order chi connectivity index (χ0) is 20.1. The van der Waals surface area contributed by atoms with E-state index < -0.39 is 5.97 Å². The molecular formula is C20H30IN5O3. The van der Waals surface area contributed by atoms with Gasteiger partial charge in [-0.15, -0.1) is 24.0 Å². The quantitative estimate of drug-likeness (QED) is 0.285. The monoisotopic (exact) mass is 515 g/mol. The third-order valence-corrected chi connectivity index (χ3v) is 5.22. The van der Waals surface area contributed by atoms with E-state index in [4.69, 9.17) is 14.1 Å². The second kappa shape index (κ2) is 10.7. The number of ether oxygens (including phenoxy) is 1. The van der Waals surface area contributed by atoms with Crippen LogP contribution in [0.4, 0.5) is 0 Å². The maximum atomic E-state index is 11.8. The summed E-state index contributed by atoms with van der Waals surface area (Å²) in [6.07, 6.45) is 6.81. The lowest BCUT2D eigenvalue weighted by Gasteiger charge is -2.39. The van der Waals surface area contributed by atoms with E-state index >= 15 is 0 Å². The average Bonchev–Trinajstić information content (AvgIpc) is 3.35. The van der Waals surface area contributed by atoms with Gasteiger partial charge in [0.15, 0.2) is 5.96 Å². The molecule has 0 saturated carbocycles. The number of piperidine rings is 1. The smallest absolute Gasteiger partial charge is 0.341 e. The van der Waals surface area contributed by atoms with Gasteiger partial charge in [0.2, 0.25) is 0 Å². The van der Waals surface area contributed by atoms with Crippen molar-refractivity contribution in [1.82, 2.24) is 19.8 Å². The van der Waals surface area contributed by atoms with Crippen LogP contribution in [0.15, 0.2) is 34.2 Å². The summed E-state index contributed by atoms with van der Waals surface area (Å²) in [5, 5.41) is 3.38. The van der Waals surface area contributed by atoms with Crippen LogP contribution in [0.5, 0.6) is 0 Å². The first kappa shape index (κ1) is 23.2. The summed E-state index contributed by atoms with van der Waals surface area (Å²) in [6.45, 7) is 9.06. The van der Waals surface area contributed by atoms with Crippen molar-refractivity contribution in [3.8, 4) is 0 Å². The number of furan rings is 1. The van der Waals surface area contributed by atoms with Crippen LogP contribution < -0.4 is 5.32 Å². The van der Waals surface area contributed by atoms with Crippen LogP contribution in [0.3, 0.4) is 0 Å². The molecular weight excluding hydrogens is 485 g/mol. The molecule has 9 heteroatoms. The molecule has 2 unspecified atom stereocenters. The van der Waals surface area contributed by atoms with Gasteiger partial charge in [-0.1, -0.05) is 6.92 Å². The Bertz CT molecular complexity index is 818. The molecule has 0 radical (unpaired) electrons. The zero-order valence-electron chi connectivity index (χ0n) is 17.4. The normalized spacial score (nSPS) is 19.6. The van der Waals surface area contributed by atoms with E-state index in [2.05, 4.69) is 33.6 Å². The van der Waals surface area contributed by atoms with Crippen molar-refractivity contribution in [2.75, 3.05) is 26.7 Å². The van der Waals surface area contributed by atoms with Gasteiger partial charge >= 0.3 is 5.97 Å². The molecule has 1 aliphatic rings. The van der Waals surface area contributed by atoms with E-state index in [1.165, 1.54) is 7.11 Å². The van der Waals surface area contributed by atoms with Gasteiger partial charge in [-0.2, -0.15) is 0 Å². The van der Waals surface area contributed by atoms with Crippen LogP contribution in [0.1, 0.15) is 48.2 Å². The first-order chi connectivity index (χ1) is 13.5. The average molecular weight is 515 g/mol. The Balaban J connectivity index is 0.00000300. The van der Waals surface area contributed by atoms with Crippen molar-refractivity contribution in [2.24, 2.45) is 10.9 Å². The Labute approximate surface area is 188 Å². The largest absolute Gasteiger partial charge is 0.465 e. The molecule has 29 heavy (non-hydrogen) atoms. The van der Waals surface area contributed by atoms with Gasteiger partial charge in [0.25, 0.3) is 0 Å². The molecule has 1 N–H and O–H groups in total. The second-order valence-electron chi connectivity index (χ2n) is 7.13. The Kier molecular flexibility index (Phi) is 8.54. The number of carbonyl (C=O) groups excluding carboxylic acids is 1. The van der Waals surface area contributed by atoms with Crippen molar-refractivity contribution in [1.29, 1.82) is 0 Å². The molecule has 0 amide bonds. The molecule has 1 fully saturated rings. The molecule has 0 bridgehead atoms. The van der Waals surface area contributed by atoms with E-state index in [1.807, 2.05) is 18.7 Å². The van der Waals surface area contributed by atoms with Crippen molar-refractivity contribution in [3.63, 3.8) is 0 Å². The summed E-state index contributed by atoms with van der Waals surface area (Å²) < 4.78 is 12.6. The fraction of sp³-hybridized carbons (Fsp3) is 0.550. The SMILES string of the molecule is CCNC(=NCc1cc(C(=O)OC)c(C)o1)N1CCC(C)C(n2ccnc2)C1.I. The fourth-order valence-electron chi connectivity index (χ4n) is 3.61. The molecule has 8 nitrogen and oxygen atoms in total. The summed E-state index contributed by atoms with van der Waals surface area (Å²) in [5.41, 5.74) is 0.449. The minimum atomic E-state index is -0.392. The lowest BCUT2D eigenvalue weighted by Crippen LogP contribution is -2.49. The van der Waals surface area contributed by atoms with Gasteiger partial charge in [0, 0.05) is 32.0 Å². The number of guanidine groups is 1. The molecule has 2 aromatic rings. The van der Waals surface area contributed by atoms with E-state index in [-0.39, 0.29) is 24.0 Å². The zero-order valence-corrected chi connectivity index (χ0v) is 19.8. The van der Waals surface area contributed by atoms with Crippen LogP contribution >= 0.6 is 24.0 Å². The number of imidazole rings is 1. The van der Waals surface area contributed by atoms with Crippen LogP contribution in [0.2, 0.25) is 0 Å². The molecule has 2 aromatic heterocycles. The Hall–Kier alpha value is -2.04. The number of hydrogen-bond donors (Lipinski definition) is 1. The minimum Gasteiger partial charge on any atom is -0.465 e. The third kappa shape index (κ3) is 5.52. The topological polar surface area (TPSA) is 84.9 Å². The number of halogens is 1. The van der Waals surface area contributed by atoms with E-state index in [0.29, 0.717) is 35.6 Å². The van der Waals surface area contributed by atoms with Crippen LogP contribution in [-0.4, -0.2) is 53.1 Å². The molecule has 0 aliphatic carbocycles. The van der Waals surface area contributed by atoms with Crippen LogP contribution in [-0.2, 0) is 11.3 Å². The fourth-order valence-corrected chi connectivity index (χ4v) is 3.61. The Morgan fingerprint density at radius 2 is 2.28 bits per heavy atom. The number of methoxy groups -OCH3 is 1. The van der Waals surface area contributed by atoms with Crippen molar-refractivity contribution >= 4 is 35.9 Å². The first-order valence-electron chi connectivity index (χ1n) is 9.71. The highest BCUT2D eigenvalue weighted by Gasteiger charge is 2.29. The second-order valence-corrected chi connectivity index (χ2v) is 7.13. The summed E-state index contributed by atoms with van der Waals surface area (Å²) in [5.74, 6) is 2.23. The highest BCUT2D eigenvalue weighted by molar-refractivity contribution is 14.0. The van der Waals surface area contributed by atoms with Gasteiger partial charge in [-0.25, -0.2) is 14.8 Å². The predicted octanol–water partition coefficient (Wildman–Crippen LogP) is 3.24. The lowest BCUT2D eigenvalue weighted by atomic mass is 9.93. The number of rotatable bonds is 5. The number of nitrogens with zero attached hydrogens (tertiary/aromatic N) is 4. The van der Waals surface area contributed by atoms with Crippen molar-refractivity contribution in [2.45, 2.75) is 39.8 Å². The molecule has 0 spiro atoms. The van der Waals surface area contributed by atoms with Crippen molar-refractivity contribution in [3.05, 3.63) is 41.9 Å². The molecule has 0 aromatic carbocycles. The van der Waals surface area contributed by atoms with Gasteiger partial charge in [-0.3, -0.25) is 0 Å². The number of carbonyl (C=O) groups is 1. The van der Waals surface area contributed by atoms with E-state index in [1.54, 1.807) is 13.0 Å². The number of aryl methyl sites for hydroxylation is 1. The highest BCUT2D eigenvalue weighted by Crippen LogP contribution is 2.27. The summed E-state index contributed by atoms with van der Waals surface area (Å²) in [6, 6.07) is 2.07. The molecule has 3 rings (SSSR count). The first-order valence-corrected chi connectivity index (χ1v) is 9.71. The van der Waals surface area contributed by atoms with E-state index in [9.17, 15) is 4.79 Å². The number of nitrogens with one attached hydrogen (secondary N) is 1. The molecule has 2 atom stereocenters. The molecule has 3 heterocycles. The van der Waals surface area contributed by atoms with Gasteiger partial charge in [0.1, 0.15) is 23.6 Å². The number of hydrogen-bond acceptors (Lipinski definition) is 5. The highest BCUT2D eigenvalue weighted by atomic mass is 127. The maximum Gasteiger partial charge on any atom is 0.341 e. The minimum absolute atomic E-state index is 0. The number of aliphatic imine (C=N–C) groups is 1. The summed E-state index contributed by atoms with van der Waals surface area (Å²) in [4.78, 5) is 23.0. The van der Waals surface area contributed by atoms with Gasteiger partial charge in [0.05, 0.1) is 19.5 Å². The third-order valence-electron chi connectivity index (χ3n) is 5.22. The standard InChI is InChI=1S/C20H29N5O3.HI/c1-5-22-20(23-11-16-10-17(15(3)28-16)19(26)27-4)24-8-6-14(2)18(12-24)25-9-7-21-13-25;/h7,9-10,13-14,18H,5-6,8,11-12H2,1-4H3,(H,22,23);1H. The number of likely N-dealkylation sites (tertiary alicyclic amines) is 1. The number of esters is 1. The summed E-state index contributed by atoms with van der Waals surface area (Å²) in [7, 11) is 1.36. The van der Waals surface area contributed by atoms with Crippen molar-refractivity contribution < 1.29 is 13.9 Å². The Morgan fingerprint density at radius 3 is 2.93 bits per heavy atom. The van der Waals surface area contributed by atoms with E-state index in [0.717, 1.165) is 32.0 Å². The molecule has 160 valence electrons. The number of aromatic nitrogens is 2. The molecule has 1 aliphatic heterocycles. The Morgan fingerprint density at radius 1 is 1.48 bits per heavy atom.